The maximum atomic E-state index is 11.1. The van der Waals surface area contributed by atoms with Gasteiger partial charge in [0, 0.05) is 6.54 Å². The lowest BCUT2D eigenvalue weighted by atomic mass is 9.96. The zero-order chi connectivity index (χ0) is 11.8. The molecule has 1 aliphatic heterocycles. The molecule has 1 aliphatic rings. The number of rotatable bonds is 5. The summed E-state index contributed by atoms with van der Waals surface area (Å²) < 4.78 is 4.67. The number of nitrogens with zero attached hydrogens (tertiary/aromatic N) is 1. The molecule has 1 saturated heterocycles. The van der Waals surface area contributed by atoms with Crippen molar-refractivity contribution in [3.05, 3.63) is 0 Å². The number of hydrogen-bond donors (Lipinski definition) is 0. The first-order valence-corrected chi connectivity index (χ1v) is 6.55. The summed E-state index contributed by atoms with van der Waals surface area (Å²) in [6.07, 6.45) is 7.15. The minimum atomic E-state index is -0.0886. The Morgan fingerprint density at radius 1 is 1.38 bits per heavy atom. The van der Waals surface area contributed by atoms with Gasteiger partial charge in [-0.2, -0.15) is 0 Å². The van der Waals surface area contributed by atoms with Gasteiger partial charge in [0.2, 0.25) is 0 Å². The Labute approximate surface area is 99.1 Å². The average molecular weight is 227 g/mol. The summed E-state index contributed by atoms with van der Waals surface area (Å²) in [5.41, 5.74) is 0. The second-order valence-corrected chi connectivity index (χ2v) is 4.75. The molecule has 0 saturated carbocycles. The molecule has 0 aromatic heterocycles. The Bertz CT molecular complexity index is 206. The van der Waals surface area contributed by atoms with Gasteiger partial charge in [-0.1, -0.05) is 19.8 Å². The smallest absolute Gasteiger partial charge is 0.306 e. The maximum Gasteiger partial charge on any atom is 0.306 e. The first-order valence-electron chi connectivity index (χ1n) is 6.55. The zero-order valence-electron chi connectivity index (χ0n) is 10.7. The van der Waals surface area contributed by atoms with Gasteiger partial charge < -0.3 is 9.64 Å². The maximum absolute atomic E-state index is 11.1. The second-order valence-electron chi connectivity index (χ2n) is 4.75. The normalized spacial score (nSPS) is 22.8. The van der Waals surface area contributed by atoms with Gasteiger partial charge in [0.05, 0.1) is 13.5 Å². The highest BCUT2D eigenvalue weighted by atomic mass is 16.5. The summed E-state index contributed by atoms with van der Waals surface area (Å²) in [5, 5.41) is 0. The first-order chi connectivity index (χ1) is 7.76. The van der Waals surface area contributed by atoms with Crippen LogP contribution in [-0.2, 0) is 9.53 Å². The molecule has 0 bridgehead atoms. The third-order valence-electron chi connectivity index (χ3n) is 3.50. The second kappa shape index (κ2) is 7.66. The molecule has 0 aliphatic carbocycles. The molecule has 3 nitrogen and oxygen atoms in total. The zero-order valence-corrected chi connectivity index (χ0v) is 10.7. The lowest BCUT2D eigenvalue weighted by Crippen LogP contribution is -2.27. The third kappa shape index (κ3) is 4.97. The van der Waals surface area contributed by atoms with Crippen molar-refractivity contribution in [2.75, 3.05) is 26.7 Å². The van der Waals surface area contributed by atoms with E-state index in [9.17, 15) is 4.79 Å². The van der Waals surface area contributed by atoms with Crippen molar-refractivity contribution in [3.8, 4) is 0 Å². The summed E-state index contributed by atoms with van der Waals surface area (Å²) in [5.74, 6) is 0.822. The van der Waals surface area contributed by atoms with Crippen molar-refractivity contribution in [2.24, 2.45) is 5.92 Å². The predicted octanol–water partition coefficient (Wildman–Crippen LogP) is 2.45. The summed E-state index contributed by atoms with van der Waals surface area (Å²) >= 11 is 0. The highest BCUT2D eigenvalue weighted by molar-refractivity contribution is 5.69. The van der Waals surface area contributed by atoms with Crippen molar-refractivity contribution in [2.45, 2.75) is 45.4 Å². The average Bonchev–Trinajstić information content (AvgIpc) is 2.52. The molecule has 0 N–H and O–H groups in total. The third-order valence-corrected chi connectivity index (χ3v) is 3.50. The SMILES string of the molecule is CCCC1CCCN(CCC(=O)OC)CC1. The molecular formula is C13H25NO2. The fourth-order valence-electron chi connectivity index (χ4n) is 2.50. The van der Waals surface area contributed by atoms with Crippen molar-refractivity contribution in [1.82, 2.24) is 4.90 Å². The number of ether oxygens (including phenoxy) is 1. The topological polar surface area (TPSA) is 29.5 Å². The lowest BCUT2D eigenvalue weighted by Gasteiger charge is -2.19. The van der Waals surface area contributed by atoms with E-state index in [4.69, 9.17) is 0 Å². The molecular weight excluding hydrogens is 202 g/mol. The van der Waals surface area contributed by atoms with E-state index in [-0.39, 0.29) is 5.97 Å². The van der Waals surface area contributed by atoms with Crippen molar-refractivity contribution in [1.29, 1.82) is 0 Å². The quantitative estimate of drug-likeness (QED) is 0.676. The molecule has 1 heterocycles. The van der Waals surface area contributed by atoms with Crippen LogP contribution in [0.25, 0.3) is 0 Å². The number of esters is 1. The number of carbonyl (C=O) groups is 1. The van der Waals surface area contributed by atoms with Gasteiger partial charge in [-0.05, 0) is 38.3 Å². The number of hydrogen-bond acceptors (Lipinski definition) is 3. The van der Waals surface area contributed by atoms with Crippen molar-refractivity contribution in [3.63, 3.8) is 0 Å². The Balaban J connectivity index is 2.22. The van der Waals surface area contributed by atoms with E-state index in [1.54, 1.807) is 0 Å². The molecule has 0 spiro atoms. The highest BCUT2D eigenvalue weighted by Gasteiger charge is 2.16. The fourth-order valence-corrected chi connectivity index (χ4v) is 2.50. The molecule has 0 amide bonds. The van der Waals surface area contributed by atoms with Crippen molar-refractivity contribution < 1.29 is 9.53 Å². The molecule has 1 fully saturated rings. The van der Waals surface area contributed by atoms with E-state index < -0.39 is 0 Å². The molecule has 16 heavy (non-hydrogen) atoms. The minimum absolute atomic E-state index is 0.0886. The predicted molar refractivity (Wildman–Crippen MR) is 65.3 cm³/mol. The number of likely N-dealkylation sites (tertiary alicyclic amines) is 1. The van der Waals surface area contributed by atoms with Gasteiger partial charge in [0.1, 0.15) is 0 Å². The van der Waals surface area contributed by atoms with E-state index in [1.165, 1.54) is 39.2 Å². The van der Waals surface area contributed by atoms with Crippen LogP contribution >= 0.6 is 0 Å². The fraction of sp³-hybridized carbons (Fsp3) is 0.923. The molecule has 1 unspecified atom stereocenters. The molecule has 0 radical (unpaired) electrons. The van der Waals surface area contributed by atoms with E-state index >= 15 is 0 Å². The van der Waals surface area contributed by atoms with Gasteiger partial charge in [0.25, 0.3) is 0 Å². The van der Waals surface area contributed by atoms with Crippen LogP contribution in [0.5, 0.6) is 0 Å². The van der Waals surface area contributed by atoms with E-state index in [0.29, 0.717) is 6.42 Å². The van der Waals surface area contributed by atoms with Crippen LogP contribution in [0.15, 0.2) is 0 Å². The number of carbonyl (C=O) groups excluding carboxylic acids is 1. The van der Waals surface area contributed by atoms with Crippen LogP contribution in [0.2, 0.25) is 0 Å². The van der Waals surface area contributed by atoms with Crippen LogP contribution in [0.4, 0.5) is 0 Å². The molecule has 94 valence electrons. The molecule has 1 atom stereocenters. The van der Waals surface area contributed by atoms with Gasteiger partial charge in [0.15, 0.2) is 0 Å². The summed E-state index contributed by atoms with van der Waals surface area (Å²) in [7, 11) is 1.46. The monoisotopic (exact) mass is 227 g/mol. The van der Waals surface area contributed by atoms with Gasteiger partial charge >= 0.3 is 5.97 Å². The number of methoxy groups -OCH3 is 1. The van der Waals surface area contributed by atoms with E-state index in [2.05, 4.69) is 16.6 Å². The van der Waals surface area contributed by atoms with Crippen molar-refractivity contribution >= 4 is 5.97 Å². The molecule has 3 heteroatoms. The molecule has 0 aromatic carbocycles. The summed E-state index contributed by atoms with van der Waals surface area (Å²) in [6, 6.07) is 0. The van der Waals surface area contributed by atoms with Crippen LogP contribution in [-0.4, -0.2) is 37.6 Å². The summed E-state index contributed by atoms with van der Waals surface area (Å²) in [4.78, 5) is 13.5. The van der Waals surface area contributed by atoms with Gasteiger partial charge in [-0.15, -0.1) is 0 Å². The minimum Gasteiger partial charge on any atom is -0.469 e. The Kier molecular flexibility index (Phi) is 6.46. The van der Waals surface area contributed by atoms with Gasteiger partial charge in [-0.25, -0.2) is 0 Å². The largest absolute Gasteiger partial charge is 0.469 e. The first kappa shape index (κ1) is 13.5. The highest BCUT2D eigenvalue weighted by Crippen LogP contribution is 2.21. The van der Waals surface area contributed by atoms with E-state index in [0.717, 1.165) is 25.6 Å². The van der Waals surface area contributed by atoms with Crippen LogP contribution in [0.1, 0.15) is 45.4 Å². The van der Waals surface area contributed by atoms with E-state index in [1.807, 2.05) is 0 Å². The molecule has 0 aromatic rings. The van der Waals surface area contributed by atoms with Crippen LogP contribution in [0.3, 0.4) is 0 Å². The van der Waals surface area contributed by atoms with Crippen LogP contribution in [0, 0.1) is 5.92 Å². The molecule has 1 rings (SSSR count). The Morgan fingerprint density at radius 3 is 2.88 bits per heavy atom. The van der Waals surface area contributed by atoms with Crippen LogP contribution < -0.4 is 0 Å². The Morgan fingerprint density at radius 2 is 2.19 bits per heavy atom. The van der Waals surface area contributed by atoms with Gasteiger partial charge in [-0.3, -0.25) is 4.79 Å². The summed E-state index contributed by atoms with van der Waals surface area (Å²) in [6.45, 7) is 5.43. The lowest BCUT2D eigenvalue weighted by molar-refractivity contribution is -0.140. The Hall–Kier alpha value is -0.570. The standard InChI is InChI=1S/C13H25NO2/c1-3-5-12-6-4-9-14(10-7-12)11-8-13(15)16-2/h12H,3-11H2,1-2H3.